The van der Waals surface area contributed by atoms with E-state index in [0.717, 1.165) is 5.56 Å². The van der Waals surface area contributed by atoms with Gasteiger partial charge in [-0.25, -0.2) is 19.2 Å². The molecule has 1 aromatic heterocycles. The van der Waals surface area contributed by atoms with Crippen molar-refractivity contribution in [1.29, 1.82) is 0 Å². The van der Waals surface area contributed by atoms with Crippen molar-refractivity contribution in [2.75, 3.05) is 20.0 Å². The van der Waals surface area contributed by atoms with Gasteiger partial charge in [-0.3, -0.25) is 0 Å². The maximum Gasteiger partial charge on any atom is 0.387 e. The van der Waals surface area contributed by atoms with Crippen LogP contribution in [0.4, 0.5) is 10.2 Å². The van der Waals surface area contributed by atoms with E-state index in [4.69, 9.17) is 31.6 Å². The fourth-order valence-corrected chi connectivity index (χ4v) is 2.93. The van der Waals surface area contributed by atoms with Gasteiger partial charge >= 0.3 is 5.97 Å². The van der Waals surface area contributed by atoms with Gasteiger partial charge in [-0.05, 0) is 24.6 Å². The molecule has 0 saturated carbocycles. The number of hydrogen-bond acceptors (Lipinski definition) is 8. The molecule has 0 spiro atoms. The Bertz CT molecular complexity index is 1160. The van der Waals surface area contributed by atoms with E-state index in [1.165, 1.54) is 26.4 Å². The minimum Gasteiger partial charge on any atom is -0.492 e. The van der Waals surface area contributed by atoms with Crippen LogP contribution in [-0.4, -0.2) is 35.9 Å². The molecule has 2 N–H and O–H groups in total. The van der Waals surface area contributed by atoms with Crippen molar-refractivity contribution in [3.05, 3.63) is 64.6 Å². The molecule has 0 aliphatic carbocycles. The molecule has 160 valence electrons. The van der Waals surface area contributed by atoms with Gasteiger partial charge in [0.25, 0.3) is 0 Å². The second-order valence-electron chi connectivity index (χ2n) is 6.18. The Kier molecular flexibility index (Phi) is 6.66. The summed E-state index contributed by atoms with van der Waals surface area (Å²) in [6, 6.07) is 11.9. The lowest BCUT2D eigenvalue weighted by Gasteiger charge is -2.12. The number of nitrogens with zero attached hydrogens (tertiary/aromatic N) is 3. The van der Waals surface area contributed by atoms with E-state index in [-0.39, 0.29) is 39.4 Å². The van der Waals surface area contributed by atoms with E-state index < -0.39 is 11.8 Å². The first-order valence-corrected chi connectivity index (χ1v) is 9.30. The summed E-state index contributed by atoms with van der Waals surface area (Å²) < 4.78 is 24.9. The minimum absolute atomic E-state index is 0.0654. The van der Waals surface area contributed by atoms with Crippen LogP contribution in [0.5, 0.6) is 11.5 Å². The van der Waals surface area contributed by atoms with Gasteiger partial charge in [0, 0.05) is 0 Å². The molecule has 8 nitrogen and oxygen atoms in total. The number of hydrogen-bond donors (Lipinski definition) is 1. The van der Waals surface area contributed by atoms with Gasteiger partial charge in [0.05, 0.1) is 30.5 Å². The van der Waals surface area contributed by atoms with Crippen molar-refractivity contribution < 1.29 is 23.5 Å². The van der Waals surface area contributed by atoms with Gasteiger partial charge in [0.2, 0.25) is 0 Å². The summed E-state index contributed by atoms with van der Waals surface area (Å²) in [5, 5.41) is 3.90. The zero-order chi connectivity index (χ0) is 22.5. The summed E-state index contributed by atoms with van der Waals surface area (Å²) in [5.74, 6) is -2.44. The monoisotopic (exact) mass is 444 g/mol. The third kappa shape index (κ3) is 4.56. The minimum atomic E-state index is -0.955. The molecule has 0 atom stereocenters. The topological polar surface area (TPSA) is 109 Å². The molecule has 3 rings (SSSR count). The van der Waals surface area contributed by atoms with Crippen LogP contribution in [0, 0.1) is 5.82 Å². The Labute approximate surface area is 182 Å². The summed E-state index contributed by atoms with van der Waals surface area (Å²) in [5.41, 5.74) is 6.74. The van der Waals surface area contributed by atoms with Crippen LogP contribution in [0.2, 0.25) is 5.02 Å². The van der Waals surface area contributed by atoms with Gasteiger partial charge in [0.15, 0.2) is 34.7 Å². The molecule has 0 aliphatic rings. The third-order valence-corrected chi connectivity index (χ3v) is 4.54. The molecule has 0 unspecified atom stereocenters. The average molecular weight is 445 g/mol. The predicted octanol–water partition coefficient (Wildman–Crippen LogP) is 4.12. The molecule has 1 heterocycles. The van der Waals surface area contributed by atoms with Crippen LogP contribution >= 0.6 is 11.6 Å². The van der Waals surface area contributed by atoms with Crippen LogP contribution in [0.3, 0.4) is 0 Å². The number of halogens is 2. The fraction of sp³-hybridized carbons (Fsp3) is 0.143. The molecule has 0 fully saturated rings. The molecule has 0 amide bonds. The standard InChI is InChI=1S/C21H18ClFN4O4/c1-11(12-7-5-4-6-8-12)27-31-21(28)16-18(30-3)19(24)26-20(25-16)13-9-10-14(22)17(29-2)15(13)23/h4-10H,1-3H3,(H2,24,25,26)/b27-11+. The second-order valence-corrected chi connectivity index (χ2v) is 6.59. The predicted molar refractivity (Wildman–Crippen MR) is 114 cm³/mol. The number of oxime groups is 1. The summed E-state index contributed by atoms with van der Waals surface area (Å²) >= 11 is 5.93. The van der Waals surface area contributed by atoms with Crippen molar-refractivity contribution in [3.8, 4) is 22.9 Å². The first-order chi connectivity index (χ1) is 14.9. The van der Waals surface area contributed by atoms with E-state index >= 15 is 0 Å². The van der Waals surface area contributed by atoms with Crippen LogP contribution < -0.4 is 15.2 Å². The van der Waals surface area contributed by atoms with E-state index in [2.05, 4.69) is 15.1 Å². The zero-order valence-electron chi connectivity index (χ0n) is 16.8. The highest BCUT2D eigenvalue weighted by Gasteiger charge is 2.25. The third-order valence-electron chi connectivity index (χ3n) is 4.24. The molecule has 0 bridgehead atoms. The first kappa shape index (κ1) is 22.0. The lowest BCUT2D eigenvalue weighted by molar-refractivity contribution is 0.0505. The Balaban J connectivity index is 2.01. The Hall–Kier alpha value is -3.72. The van der Waals surface area contributed by atoms with E-state index in [9.17, 15) is 9.18 Å². The van der Waals surface area contributed by atoms with Crippen LogP contribution in [0.15, 0.2) is 47.6 Å². The molecule has 2 aromatic carbocycles. The van der Waals surface area contributed by atoms with Crippen molar-refractivity contribution >= 4 is 29.1 Å². The molecule has 10 heteroatoms. The van der Waals surface area contributed by atoms with Gasteiger partial charge < -0.3 is 20.0 Å². The van der Waals surface area contributed by atoms with Gasteiger partial charge in [0.1, 0.15) is 0 Å². The van der Waals surface area contributed by atoms with Crippen LogP contribution in [0.1, 0.15) is 23.0 Å². The number of anilines is 1. The zero-order valence-corrected chi connectivity index (χ0v) is 17.6. The van der Waals surface area contributed by atoms with Crippen molar-refractivity contribution in [1.82, 2.24) is 9.97 Å². The summed E-state index contributed by atoms with van der Waals surface area (Å²) in [6.45, 7) is 1.68. The SMILES string of the molecule is COc1c(N)nc(-c2ccc(Cl)c(OC)c2F)nc1C(=O)O/N=C(\C)c1ccccc1. The van der Waals surface area contributed by atoms with E-state index in [0.29, 0.717) is 5.71 Å². The summed E-state index contributed by atoms with van der Waals surface area (Å²) in [4.78, 5) is 25.8. The fourth-order valence-electron chi connectivity index (χ4n) is 2.71. The van der Waals surface area contributed by atoms with Crippen molar-refractivity contribution in [3.63, 3.8) is 0 Å². The number of aromatic nitrogens is 2. The van der Waals surface area contributed by atoms with E-state index in [1.807, 2.05) is 30.3 Å². The van der Waals surface area contributed by atoms with Crippen LogP contribution in [0.25, 0.3) is 11.4 Å². The highest BCUT2D eigenvalue weighted by Crippen LogP contribution is 2.35. The maximum atomic E-state index is 14.8. The number of rotatable bonds is 6. The molecular weight excluding hydrogens is 427 g/mol. The number of ether oxygens (including phenoxy) is 2. The largest absolute Gasteiger partial charge is 0.492 e. The first-order valence-electron chi connectivity index (χ1n) is 8.92. The smallest absolute Gasteiger partial charge is 0.387 e. The molecular formula is C21H18ClFN4O4. The highest BCUT2D eigenvalue weighted by atomic mass is 35.5. The average Bonchev–Trinajstić information content (AvgIpc) is 2.77. The van der Waals surface area contributed by atoms with Gasteiger partial charge in [-0.1, -0.05) is 47.1 Å². The Morgan fingerprint density at radius 1 is 1.06 bits per heavy atom. The second kappa shape index (κ2) is 9.40. The van der Waals surface area contributed by atoms with Crippen molar-refractivity contribution in [2.24, 2.45) is 5.16 Å². The quantitative estimate of drug-likeness (QED) is 0.346. The number of nitrogen functional groups attached to an aromatic ring is 1. The summed E-state index contributed by atoms with van der Waals surface area (Å²) in [6.07, 6.45) is 0. The molecule has 31 heavy (non-hydrogen) atoms. The Morgan fingerprint density at radius 3 is 2.39 bits per heavy atom. The highest BCUT2D eigenvalue weighted by molar-refractivity contribution is 6.32. The maximum absolute atomic E-state index is 14.8. The molecule has 0 radical (unpaired) electrons. The number of carbonyl (C=O) groups is 1. The molecule has 0 aliphatic heterocycles. The number of carbonyl (C=O) groups excluding carboxylic acids is 1. The normalized spacial score (nSPS) is 11.2. The van der Waals surface area contributed by atoms with Gasteiger partial charge in [-0.2, -0.15) is 0 Å². The molecule has 3 aromatic rings. The Morgan fingerprint density at radius 2 is 1.74 bits per heavy atom. The lowest BCUT2D eigenvalue weighted by Crippen LogP contribution is -2.12. The number of benzene rings is 2. The summed E-state index contributed by atoms with van der Waals surface area (Å²) in [7, 11) is 2.56. The number of methoxy groups -OCH3 is 2. The lowest BCUT2D eigenvalue weighted by atomic mass is 10.1. The van der Waals surface area contributed by atoms with Crippen molar-refractivity contribution in [2.45, 2.75) is 6.92 Å². The molecule has 0 saturated heterocycles. The van der Waals surface area contributed by atoms with E-state index in [1.54, 1.807) is 6.92 Å². The van der Waals surface area contributed by atoms with Crippen LogP contribution in [-0.2, 0) is 4.84 Å². The van der Waals surface area contributed by atoms with Gasteiger partial charge in [-0.15, -0.1) is 0 Å². The number of nitrogens with two attached hydrogens (primary N) is 1.